The number of nitrogens with one attached hydrogen (secondary N) is 1. The minimum Gasteiger partial charge on any atom is -0.486 e. The van der Waals surface area contributed by atoms with Crippen molar-refractivity contribution in [2.45, 2.75) is 13.0 Å². The van der Waals surface area contributed by atoms with E-state index in [-0.39, 0.29) is 18.6 Å². The Morgan fingerprint density at radius 1 is 1.17 bits per heavy atom. The lowest BCUT2D eigenvalue weighted by atomic mass is 10.1. The summed E-state index contributed by atoms with van der Waals surface area (Å²) in [7, 11) is 1.47. The third-order valence-corrected chi connectivity index (χ3v) is 3.24. The van der Waals surface area contributed by atoms with Crippen molar-refractivity contribution in [3.8, 4) is 11.8 Å². The molecular weight excluding hydrogens is 292 g/mol. The van der Waals surface area contributed by atoms with Gasteiger partial charge in [-0.1, -0.05) is 12.1 Å². The minimum absolute atomic E-state index is 0.0218. The molecule has 0 fully saturated rings. The molecule has 1 atom stereocenters. The Morgan fingerprint density at radius 2 is 1.83 bits per heavy atom. The monoisotopic (exact) mass is 310 g/mol. The lowest BCUT2D eigenvalue weighted by Crippen LogP contribution is -2.16. The van der Waals surface area contributed by atoms with Gasteiger partial charge in [-0.05, 0) is 48.9 Å². The van der Waals surface area contributed by atoms with E-state index in [4.69, 9.17) is 14.7 Å². The molecule has 0 radical (unpaired) electrons. The first-order chi connectivity index (χ1) is 11.1. The van der Waals surface area contributed by atoms with Crippen LogP contribution in [0.15, 0.2) is 48.5 Å². The molecule has 23 heavy (non-hydrogen) atoms. The topological polar surface area (TPSA) is 71.3 Å². The van der Waals surface area contributed by atoms with E-state index in [2.05, 4.69) is 11.4 Å². The van der Waals surface area contributed by atoms with Crippen LogP contribution in [-0.2, 0) is 9.53 Å². The van der Waals surface area contributed by atoms with E-state index in [1.165, 1.54) is 7.11 Å². The van der Waals surface area contributed by atoms with Crippen molar-refractivity contribution in [3.63, 3.8) is 0 Å². The first kappa shape index (κ1) is 16.5. The number of carbonyl (C=O) groups excluding carboxylic acids is 1. The number of anilines is 1. The highest BCUT2D eigenvalue weighted by atomic mass is 16.5. The van der Waals surface area contributed by atoms with Gasteiger partial charge in [0, 0.05) is 12.8 Å². The summed E-state index contributed by atoms with van der Waals surface area (Å²) < 4.78 is 10.6. The molecule has 0 aliphatic rings. The van der Waals surface area contributed by atoms with E-state index >= 15 is 0 Å². The van der Waals surface area contributed by atoms with Crippen molar-refractivity contribution in [1.82, 2.24) is 0 Å². The Balaban J connectivity index is 1.97. The summed E-state index contributed by atoms with van der Waals surface area (Å²) in [6.45, 7) is 1.96. The van der Waals surface area contributed by atoms with Crippen molar-refractivity contribution in [2.75, 3.05) is 19.0 Å². The number of ether oxygens (including phenoxy) is 2. The third-order valence-electron chi connectivity index (χ3n) is 3.24. The smallest absolute Gasteiger partial charge is 0.250 e. The van der Waals surface area contributed by atoms with Crippen LogP contribution in [0.2, 0.25) is 0 Å². The highest BCUT2D eigenvalue weighted by molar-refractivity contribution is 5.91. The van der Waals surface area contributed by atoms with Gasteiger partial charge < -0.3 is 14.8 Å². The van der Waals surface area contributed by atoms with Crippen molar-refractivity contribution in [3.05, 3.63) is 59.7 Å². The zero-order valence-electron chi connectivity index (χ0n) is 13.1. The van der Waals surface area contributed by atoms with E-state index < -0.39 is 0 Å². The summed E-state index contributed by atoms with van der Waals surface area (Å²) in [6, 6.07) is 16.5. The molecule has 5 heteroatoms. The zero-order valence-corrected chi connectivity index (χ0v) is 13.1. The van der Waals surface area contributed by atoms with Gasteiger partial charge in [0.15, 0.2) is 0 Å². The summed E-state index contributed by atoms with van der Waals surface area (Å²) in [5, 5.41) is 11.5. The van der Waals surface area contributed by atoms with Crippen LogP contribution < -0.4 is 10.1 Å². The maximum Gasteiger partial charge on any atom is 0.250 e. The molecule has 0 spiro atoms. The van der Waals surface area contributed by atoms with Crippen LogP contribution >= 0.6 is 0 Å². The van der Waals surface area contributed by atoms with Gasteiger partial charge in [0.1, 0.15) is 18.5 Å². The molecule has 2 aromatic rings. The van der Waals surface area contributed by atoms with Crippen molar-refractivity contribution >= 4 is 11.6 Å². The predicted octanol–water partition coefficient (Wildman–Crippen LogP) is 3.28. The second-order valence-electron chi connectivity index (χ2n) is 5.00. The van der Waals surface area contributed by atoms with Crippen LogP contribution in [0.5, 0.6) is 5.75 Å². The molecular formula is C18H18N2O3. The van der Waals surface area contributed by atoms with E-state index in [9.17, 15) is 4.79 Å². The number of carbonyl (C=O) groups is 1. The normalized spacial score (nSPS) is 11.3. The molecule has 0 saturated carbocycles. The number of hydrogen-bond acceptors (Lipinski definition) is 4. The van der Waals surface area contributed by atoms with Crippen LogP contribution in [0.4, 0.5) is 5.69 Å². The van der Waals surface area contributed by atoms with Gasteiger partial charge >= 0.3 is 0 Å². The Kier molecular flexibility index (Phi) is 5.73. The van der Waals surface area contributed by atoms with Gasteiger partial charge in [-0.25, -0.2) is 0 Å². The average molecular weight is 310 g/mol. The van der Waals surface area contributed by atoms with E-state index in [1.807, 2.05) is 19.1 Å². The van der Waals surface area contributed by atoms with Crippen molar-refractivity contribution in [1.29, 1.82) is 5.26 Å². The number of nitrogens with zero attached hydrogens (tertiary/aromatic N) is 1. The molecule has 1 N–H and O–H groups in total. The maximum absolute atomic E-state index is 11.4. The summed E-state index contributed by atoms with van der Waals surface area (Å²) in [6.07, 6.45) is -0.142. The van der Waals surface area contributed by atoms with Crippen LogP contribution in [-0.4, -0.2) is 19.6 Å². The van der Waals surface area contributed by atoms with Gasteiger partial charge in [0.05, 0.1) is 11.6 Å². The van der Waals surface area contributed by atoms with Crippen molar-refractivity contribution < 1.29 is 14.3 Å². The van der Waals surface area contributed by atoms with E-state index in [0.717, 1.165) is 5.56 Å². The van der Waals surface area contributed by atoms with Crippen LogP contribution in [0.25, 0.3) is 0 Å². The predicted molar refractivity (Wildman–Crippen MR) is 87.1 cm³/mol. The van der Waals surface area contributed by atoms with Gasteiger partial charge in [-0.15, -0.1) is 0 Å². The number of benzene rings is 2. The Morgan fingerprint density at radius 3 is 2.39 bits per heavy atom. The fourth-order valence-corrected chi connectivity index (χ4v) is 2.05. The summed E-state index contributed by atoms with van der Waals surface area (Å²) >= 11 is 0. The standard InChI is InChI=1S/C18H18N2O3/c1-13(15-5-3-14(11-19)4-6-15)23-17-9-7-16(8-10-17)20-18(21)12-22-2/h3-10,13H,12H2,1-2H3,(H,20,21)/t13-/m1/s1. The van der Waals surface area contributed by atoms with Gasteiger partial charge in [-0.3, -0.25) is 4.79 Å². The summed E-state index contributed by atoms with van der Waals surface area (Å²) in [5.41, 5.74) is 2.30. The first-order valence-corrected chi connectivity index (χ1v) is 7.18. The largest absolute Gasteiger partial charge is 0.486 e. The van der Waals surface area contributed by atoms with Crippen LogP contribution in [0.3, 0.4) is 0 Å². The molecule has 0 aromatic heterocycles. The lowest BCUT2D eigenvalue weighted by molar-refractivity contribution is -0.119. The van der Waals surface area contributed by atoms with Gasteiger partial charge in [0.25, 0.3) is 0 Å². The van der Waals surface area contributed by atoms with Gasteiger partial charge in [0.2, 0.25) is 5.91 Å². The number of nitriles is 1. The molecule has 5 nitrogen and oxygen atoms in total. The minimum atomic E-state index is -0.202. The third kappa shape index (κ3) is 4.83. The SMILES string of the molecule is COCC(=O)Nc1ccc(O[C@H](C)c2ccc(C#N)cc2)cc1. The second kappa shape index (κ2) is 7.97. The molecule has 118 valence electrons. The molecule has 0 aliphatic carbocycles. The van der Waals surface area contributed by atoms with Crippen LogP contribution in [0, 0.1) is 11.3 Å². The first-order valence-electron chi connectivity index (χ1n) is 7.18. The highest BCUT2D eigenvalue weighted by Gasteiger charge is 2.08. The van der Waals surface area contributed by atoms with E-state index in [1.54, 1.807) is 36.4 Å². The number of rotatable bonds is 6. The number of amides is 1. The summed E-state index contributed by atoms with van der Waals surface area (Å²) in [4.78, 5) is 11.4. The molecule has 0 aliphatic heterocycles. The molecule has 0 saturated heterocycles. The average Bonchev–Trinajstić information content (AvgIpc) is 2.57. The quantitative estimate of drug-likeness (QED) is 0.888. The lowest BCUT2D eigenvalue weighted by Gasteiger charge is -2.15. The fraction of sp³-hybridized carbons (Fsp3) is 0.222. The summed E-state index contributed by atoms with van der Waals surface area (Å²) in [5.74, 6) is 0.499. The number of hydrogen-bond donors (Lipinski definition) is 1. The number of methoxy groups -OCH3 is 1. The zero-order chi connectivity index (χ0) is 16.7. The second-order valence-corrected chi connectivity index (χ2v) is 5.00. The van der Waals surface area contributed by atoms with Gasteiger partial charge in [-0.2, -0.15) is 5.26 Å². The van der Waals surface area contributed by atoms with E-state index in [0.29, 0.717) is 17.0 Å². The Bertz CT molecular complexity index is 688. The fourth-order valence-electron chi connectivity index (χ4n) is 2.05. The molecule has 1 amide bonds. The maximum atomic E-state index is 11.4. The molecule has 2 aromatic carbocycles. The highest BCUT2D eigenvalue weighted by Crippen LogP contribution is 2.23. The molecule has 0 heterocycles. The molecule has 2 rings (SSSR count). The molecule has 0 unspecified atom stereocenters. The molecule has 0 bridgehead atoms. The van der Waals surface area contributed by atoms with Crippen molar-refractivity contribution in [2.24, 2.45) is 0 Å². The van der Waals surface area contributed by atoms with Crippen LogP contribution in [0.1, 0.15) is 24.2 Å². The Hall–Kier alpha value is -2.84. The Labute approximate surface area is 135 Å².